The van der Waals surface area contributed by atoms with E-state index in [9.17, 15) is 4.79 Å². The molecule has 2 N–H and O–H groups in total. The van der Waals surface area contributed by atoms with Crippen LogP contribution in [-0.4, -0.2) is 23.9 Å². The molecule has 0 atom stereocenters. The summed E-state index contributed by atoms with van der Waals surface area (Å²) in [7, 11) is 0. The van der Waals surface area contributed by atoms with Crippen LogP contribution in [0.1, 0.15) is 25.3 Å². The molecule has 18 heavy (non-hydrogen) atoms. The summed E-state index contributed by atoms with van der Waals surface area (Å²) in [5, 5.41) is 0. The maximum Gasteiger partial charge on any atom is 0.221 e. The molecule has 1 amide bonds. The lowest BCUT2D eigenvalue weighted by Crippen LogP contribution is -2.32. The Balaban J connectivity index is 1.99. The van der Waals surface area contributed by atoms with Crippen LogP contribution in [0.4, 0.5) is 0 Å². The summed E-state index contributed by atoms with van der Waals surface area (Å²) < 4.78 is 0. The molecule has 1 aliphatic heterocycles. The summed E-state index contributed by atoms with van der Waals surface area (Å²) in [6.45, 7) is 4.97. The van der Waals surface area contributed by atoms with Crippen molar-refractivity contribution in [3.05, 3.63) is 47.0 Å². The fourth-order valence-electron chi connectivity index (χ4n) is 2.38. The Labute approximate surface area is 108 Å². The molecule has 96 valence electrons. The lowest BCUT2D eigenvalue weighted by Gasteiger charge is -2.29. The monoisotopic (exact) mass is 244 g/mol. The Kier molecular flexibility index (Phi) is 4.15. The van der Waals surface area contributed by atoms with Crippen LogP contribution in [0.25, 0.3) is 0 Å². The van der Waals surface area contributed by atoms with E-state index < -0.39 is 0 Å². The summed E-state index contributed by atoms with van der Waals surface area (Å²) in [4.78, 5) is 13.4. The Bertz CT molecular complexity index is 451. The fraction of sp³-hybridized carbons (Fsp3) is 0.400. The molecular formula is C15H20N2O. The number of nitrogens with zero attached hydrogens (tertiary/aromatic N) is 1. The number of carbonyl (C=O) groups is 1. The number of hydrogen-bond acceptors (Lipinski definition) is 2. The molecule has 1 aromatic carbocycles. The Morgan fingerprint density at radius 1 is 1.33 bits per heavy atom. The number of rotatable bonds is 4. The van der Waals surface area contributed by atoms with Gasteiger partial charge in [0.15, 0.2) is 0 Å². The minimum atomic E-state index is -0.231. The van der Waals surface area contributed by atoms with Crippen molar-refractivity contribution in [3.8, 4) is 0 Å². The van der Waals surface area contributed by atoms with Gasteiger partial charge in [0.1, 0.15) is 0 Å². The SMILES string of the molecule is CC1=C(CC(N)=O)CN(Cc2ccccc2)CC1. The summed E-state index contributed by atoms with van der Waals surface area (Å²) in [5.74, 6) is -0.231. The van der Waals surface area contributed by atoms with Crippen LogP contribution >= 0.6 is 0 Å². The highest BCUT2D eigenvalue weighted by atomic mass is 16.1. The van der Waals surface area contributed by atoms with Crippen molar-refractivity contribution in [1.82, 2.24) is 4.90 Å². The lowest BCUT2D eigenvalue weighted by atomic mass is 9.98. The van der Waals surface area contributed by atoms with Crippen molar-refractivity contribution >= 4 is 5.91 Å². The third kappa shape index (κ3) is 3.44. The third-order valence-corrected chi connectivity index (χ3v) is 3.46. The van der Waals surface area contributed by atoms with Crippen LogP contribution in [-0.2, 0) is 11.3 Å². The molecule has 1 aliphatic rings. The highest BCUT2D eigenvalue weighted by Crippen LogP contribution is 2.21. The van der Waals surface area contributed by atoms with Gasteiger partial charge in [0.25, 0.3) is 0 Å². The average molecular weight is 244 g/mol. The molecule has 1 aromatic rings. The van der Waals surface area contributed by atoms with Crippen molar-refractivity contribution < 1.29 is 4.79 Å². The van der Waals surface area contributed by atoms with Crippen LogP contribution in [0.15, 0.2) is 41.5 Å². The molecule has 0 saturated heterocycles. The van der Waals surface area contributed by atoms with Gasteiger partial charge in [0.2, 0.25) is 5.91 Å². The van der Waals surface area contributed by atoms with Crippen molar-refractivity contribution in [3.63, 3.8) is 0 Å². The topological polar surface area (TPSA) is 46.3 Å². The number of benzene rings is 1. The number of amides is 1. The molecule has 0 fully saturated rings. The zero-order valence-electron chi connectivity index (χ0n) is 10.9. The van der Waals surface area contributed by atoms with Gasteiger partial charge >= 0.3 is 0 Å². The Hall–Kier alpha value is -1.61. The number of nitrogens with two attached hydrogens (primary N) is 1. The molecule has 0 aromatic heterocycles. The third-order valence-electron chi connectivity index (χ3n) is 3.46. The largest absolute Gasteiger partial charge is 0.369 e. The lowest BCUT2D eigenvalue weighted by molar-refractivity contribution is -0.117. The van der Waals surface area contributed by atoms with E-state index in [0.717, 1.165) is 26.1 Å². The molecule has 3 nitrogen and oxygen atoms in total. The maximum absolute atomic E-state index is 11.0. The first-order valence-electron chi connectivity index (χ1n) is 6.37. The molecule has 3 heteroatoms. The number of carbonyl (C=O) groups excluding carboxylic acids is 1. The highest BCUT2D eigenvalue weighted by molar-refractivity contribution is 5.76. The van der Waals surface area contributed by atoms with Crippen LogP contribution in [0, 0.1) is 0 Å². The number of hydrogen-bond donors (Lipinski definition) is 1. The first kappa shape index (κ1) is 12.8. The van der Waals surface area contributed by atoms with Gasteiger partial charge in [-0.15, -0.1) is 0 Å². The van der Waals surface area contributed by atoms with Crippen LogP contribution in [0.3, 0.4) is 0 Å². The second-order valence-corrected chi connectivity index (χ2v) is 4.97. The van der Waals surface area contributed by atoms with Crippen LogP contribution < -0.4 is 5.73 Å². The van der Waals surface area contributed by atoms with Crippen LogP contribution in [0.5, 0.6) is 0 Å². The molecule has 0 saturated carbocycles. The predicted octanol–water partition coefficient (Wildman–Crippen LogP) is 2.08. The summed E-state index contributed by atoms with van der Waals surface area (Å²) in [5.41, 5.74) is 9.14. The van der Waals surface area contributed by atoms with Crippen molar-refractivity contribution in [2.75, 3.05) is 13.1 Å². The normalized spacial score (nSPS) is 16.9. The number of primary amides is 1. The van der Waals surface area contributed by atoms with Gasteiger partial charge in [-0.05, 0) is 24.5 Å². The molecule has 0 bridgehead atoms. The fourth-order valence-corrected chi connectivity index (χ4v) is 2.38. The molecule has 0 unspecified atom stereocenters. The van der Waals surface area contributed by atoms with Gasteiger partial charge < -0.3 is 5.73 Å². The zero-order valence-corrected chi connectivity index (χ0v) is 10.9. The van der Waals surface area contributed by atoms with E-state index in [2.05, 4.69) is 36.1 Å². The van der Waals surface area contributed by atoms with E-state index in [1.807, 2.05) is 6.07 Å². The van der Waals surface area contributed by atoms with Crippen molar-refractivity contribution in [2.24, 2.45) is 5.73 Å². The standard InChI is InChI=1S/C15H20N2O/c1-12-7-8-17(11-14(12)9-15(16)18)10-13-5-3-2-4-6-13/h2-6H,7-11H2,1H3,(H2,16,18). The second kappa shape index (κ2) is 5.83. The van der Waals surface area contributed by atoms with Gasteiger partial charge in [-0.25, -0.2) is 0 Å². The maximum atomic E-state index is 11.0. The first-order valence-corrected chi connectivity index (χ1v) is 6.37. The summed E-state index contributed by atoms with van der Waals surface area (Å²) in [6.07, 6.45) is 1.44. The molecule has 2 rings (SSSR count). The van der Waals surface area contributed by atoms with E-state index in [-0.39, 0.29) is 5.91 Å². The predicted molar refractivity (Wildman–Crippen MR) is 72.8 cm³/mol. The molecular weight excluding hydrogens is 224 g/mol. The Morgan fingerprint density at radius 2 is 2.06 bits per heavy atom. The average Bonchev–Trinajstić information content (AvgIpc) is 2.34. The smallest absolute Gasteiger partial charge is 0.221 e. The van der Waals surface area contributed by atoms with Gasteiger partial charge in [-0.1, -0.05) is 35.9 Å². The summed E-state index contributed by atoms with van der Waals surface area (Å²) >= 11 is 0. The van der Waals surface area contributed by atoms with Gasteiger partial charge in [-0.3, -0.25) is 9.69 Å². The van der Waals surface area contributed by atoms with Crippen molar-refractivity contribution in [2.45, 2.75) is 26.3 Å². The highest BCUT2D eigenvalue weighted by Gasteiger charge is 2.17. The summed E-state index contributed by atoms with van der Waals surface area (Å²) in [6, 6.07) is 10.4. The second-order valence-electron chi connectivity index (χ2n) is 4.97. The van der Waals surface area contributed by atoms with Crippen LogP contribution in [0.2, 0.25) is 0 Å². The molecule has 1 heterocycles. The minimum Gasteiger partial charge on any atom is -0.369 e. The van der Waals surface area contributed by atoms with Gasteiger partial charge in [-0.2, -0.15) is 0 Å². The Morgan fingerprint density at radius 3 is 2.72 bits per heavy atom. The first-order chi connectivity index (χ1) is 8.65. The zero-order chi connectivity index (χ0) is 13.0. The van der Waals surface area contributed by atoms with Gasteiger partial charge in [0.05, 0.1) is 0 Å². The van der Waals surface area contributed by atoms with E-state index in [0.29, 0.717) is 6.42 Å². The van der Waals surface area contributed by atoms with Gasteiger partial charge in [0, 0.05) is 26.1 Å². The van der Waals surface area contributed by atoms with E-state index >= 15 is 0 Å². The molecule has 0 spiro atoms. The van der Waals surface area contributed by atoms with E-state index in [4.69, 9.17) is 5.73 Å². The van der Waals surface area contributed by atoms with Crippen molar-refractivity contribution in [1.29, 1.82) is 0 Å². The molecule has 0 aliphatic carbocycles. The quantitative estimate of drug-likeness (QED) is 0.824. The van der Waals surface area contributed by atoms with E-state index in [1.165, 1.54) is 16.7 Å². The minimum absolute atomic E-state index is 0.231. The van der Waals surface area contributed by atoms with E-state index in [1.54, 1.807) is 0 Å². The molecule has 0 radical (unpaired) electrons.